The van der Waals surface area contributed by atoms with Crippen LogP contribution in [-0.4, -0.2) is 25.7 Å². The van der Waals surface area contributed by atoms with Gasteiger partial charge in [-0.1, -0.05) is 25.4 Å². The third-order valence-electron chi connectivity index (χ3n) is 2.74. The smallest absolute Gasteiger partial charge is 0.251 e. The van der Waals surface area contributed by atoms with E-state index >= 15 is 0 Å². The lowest BCUT2D eigenvalue weighted by Gasteiger charge is -2.12. The fourth-order valence-electron chi connectivity index (χ4n) is 1.76. The summed E-state index contributed by atoms with van der Waals surface area (Å²) in [5, 5.41) is 3.27. The monoisotopic (exact) mass is 283 g/mol. The predicted octanol–water partition coefficient (Wildman–Crippen LogP) is 2.89. The number of rotatable bonds is 3. The van der Waals surface area contributed by atoms with Crippen molar-refractivity contribution < 1.29 is 14.3 Å². The fraction of sp³-hybridized carbons (Fsp3) is 0.500. The van der Waals surface area contributed by atoms with Gasteiger partial charge in [0, 0.05) is 18.5 Å². The Hall–Kier alpha value is -1.42. The molecule has 1 amide bonds. The molecule has 1 aromatic rings. The number of halogens is 1. The molecule has 104 valence electrons. The largest absolute Gasteiger partial charge is 0.489 e. The highest BCUT2D eigenvalue weighted by molar-refractivity contribution is 6.32. The van der Waals surface area contributed by atoms with Crippen LogP contribution >= 0.6 is 11.6 Å². The van der Waals surface area contributed by atoms with Crippen LogP contribution in [-0.2, 0) is 0 Å². The molecule has 1 heterocycles. The molecular weight excluding hydrogens is 266 g/mol. The van der Waals surface area contributed by atoms with E-state index in [0.29, 0.717) is 47.8 Å². The van der Waals surface area contributed by atoms with Crippen molar-refractivity contribution in [3.05, 3.63) is 22.7 Å². The molecule has 0 fully saturated rings. The maximum atomic E-state index is 12.0. The Bertz CT molecular complexity index is 474. The van der Waals surface area contributed by atoms with E-state index in [4.69, 9.17) is 21.1 Å². The molecule has 0 radical (unpaired) electrons. The zero-order chi connectivity index (χ0) is 13.8. The summed E-state index contributed by atoms with van der Waals surface area (Å²) in [6.45, 7) is 5.86. The second kappa shape index (κ2) is 6.15. The summed E-state index contributed by atoms with van der Waals surface area (Å²) in [5.74, 6) is 1.32. The van der Waals surface area contributed by atoms with Crippen LogP contribution in [0.2, 0.25) is 5.02 Å². The predicted molar refractivity (Wildman–Crippen MR) is 74.2 cm³/mol. The van der Waals surface area contributed by atoms with E-state index in [2.05, 4.69) is 5.32 Å². The number of benzene rings is 1. The van der Waals surface area contributed by atoms with Gasteiger partial charge in [-0.3, -0.25) is 4.79 Å². The van der Waals surface area contributed by atoms with Gasteiger partial charge in [-0.2, -0.15) is 0 Å². The molecule has 0 saturated carbocycles. The summed E-state index contributed by atoms with van der Waals surface area (Å²) >= 11 is 6.14. The molecule has 0 saturated heterocycles. The van der Waals surface area contributed by atoms with Gasteiger partial charge in [0.2, 0.25) is 0 Å². The van der Waals surface area contributed by atoms with E-state index in [1.54, 1.807) is 12.1 Å². The van der Waals surface area contributed by atoms with Crippen molar-refractivity contribution >= 4 is 17.5 Å². The minimum atomic E-state index is -0.147. The summed E-state index contributed by atoms with van der Waals surface area (Å²) in [6, 6.07) is 3.30. The van der Waals surface area contributed by atoms with Crippen LogP contribution in [0, 0.1) is 5.92 Å². The first kappa shape index (κ1) is 14.0. The average molecular weight is 284 g/mol. The summed E-state index contributed by atoms with van der Waals surface area (Å²) in [5.41, 5.74) is 0.495. The van der Waals surface area contributed by atoms with Crippen LogP contribution in [0.25, 0.3) is 0 Å². The number of carbonyl (C=O) groups is 1. The number of nitrogens with one attached hydrogen (secondary N) is 1. The Balaban J connectivity index is 2.20. The molecule has 5 heteroatoms. The summed E-state index contributed by atoms with van der Waals surface area (Å²) in [4.78, 5) is 12.0. The minimum Gasteiger partial charge on any atom is -0.489 e. The molecule has 0 aromatic heterocycles. The molecule has 1 aromatic carbocycles. The molecule has 2 rings (SSSR count). The van der Waals surface area contributed by atoms with E-state index in [-0.39, 0.29) is 5.91 Å². The van der Waals surface area contributed by atoms with Gasteiger partial charge >= 0.3 is 0 Å². The van der Waals surface area contributed by atoms with Gasteiger partial charge in [-0.15, -0.1) is 0 Å². The topological polar surface area (TPSA) is 47.6 Å². The lowest BCUT2D eigenvalue weighted by atomic mass is 10.1. The molecule has 0 aliphatic carbocycles. The number of ether oxygens (including phenoxy) is 2. The molecule has 0 bridgehead atoms. The van der Waals surface area contributed by atoms with Crippen molar-refractivity contribution in [2.75, 3.05) is 19.8 Å². The molecule has 1 aliphatic heterocycles. The van der Waals surface area contributed by atoms with Crippen molar-refractivity contribution in [3.8, 4) is 11.5 Å². The molecule has 0 unspecified atom stereocenters. The van der Waals surface area contributed by atoms with Crippen LogP contribution in [0.1, 0.15) is 30.6 Å². The number of carbonyl (C=O) groups excluding carboxylic acids is 1. The van der Waals surface area contributed by atoms with Crippen molar-refractivity contribution in [2.45, 2.75) is 20.3 Å². The summed E-state index contributed by atoms with van der Waals surface area (Å²) < 4.78 is 11.1. The van der Waals surface area contributed by atoms with Gasteiger partial charge < -0.3 is 14.8 Å². The first-order valence-electron chi connectivity index (χ1n) is 6.45. The van der Waals surface area contributed by atoms with Gasteiger partial charge in [-0.25, -0.2) is 0 Å². The van der Waals surface area contributed by atoms with Gasteiger partial charge in [0.05, 0.1) is 18.2 Å². The standard InChI is InChI=1S/C14H18ClNO3/c1-9(2)8-16-14(17)10-6-11(15)13-12(7-10)18-4-3-5-19-13/h6-7,9H,3-5,8H2,1-2H3,(H,16,17). The maximum Gasteiger partial charge on any atom is 0.251 e. The highest BCUT2D eigenvalue weighted by atomic mass is 35.5. The van der Waals surface area contributed by atoms with Crippen LogP contribution in [0.3, 0.4) is 0 Å². The van der Waals surface area contributed by atoms with Crippen molar-refractivity contribution in [3.63, 3.8) is 0 Å². The van der Waals surface area contributed by atoms with E-state index in [0.717, 1.165) is 6.42 Å². The lowest BCUT2D eigenvalue weighted by Crippen LogP contribution is -2.27. The Morgan fingerprint density at radius 2 is 2.11 bits per heavy atom. The number of fused-ring (bicyclic) bond motifs is 1. The van der Waals surface area contributed by atoms with Crippen molar-refractivity contribution in [2.24, 2.45) is 5.92 Å². The zero-order valence-corrected chi connectivity index (χ0v) is 11.9. The number of hydrogen-bond acceptors (Lipinski definition) is 3. The third-order valence-corrected chi connectivity index (χ3v) is 3.02. The van der Waals surface area contributed by atoms with Crippen molar-refractivity contribution in [1.29, 1.82) is 0 Å². The molecule has 0 atom stereocenters. The van der Waals surface area contributed by atoms with E-state index in [9.17, 15) is 4.79 Å². The fourth-order valence-corrected chi connectivity index (χ4v) is 2.03. The normalized spacial score (nSPS) is 14.1. The first-order valence-corrected chi connectivity index (χ1v) is 6.83. The quantitative estimate of drug-likeness (QED) is 0.928. The maximum absolute atomic E-state index is 12.0. The van der Waals surface area contributed by atoms with Gasteiger partial charge in [0.1, 0.15) is 0 Å². The van der Waals surface area contributed by atoms with Crippen LogP contribution in [0.15, 0.2) is 12.1 Å². The highest BCUT2D eigenvalue weighted by Crippen LogP contribution is 2.37. The molecule has 0 spiro atoms. The molecule has 19 heavy (non-hydrogen) atoms. The number of hydrogen-bond donors (Lipinski definition) is 1. The highest BCUT2D eigenvalue weighted by Gasteiger charge is 2.18. The van der Waals surface area contributed by atoms with Crippen molar-refractivity contribution in [1.82, 2.24) is 5.32 Å². The van der Waals surface area contributed by atoms with Crippen LogP contribution in [0.5, 0.6) is 11.5 Å². The third kappa shape index (κ3) is 3.53. The van der Waals surface area contributed by atoms with E-state index in [1.807, 2.05) is 13.8 Å². The SMILES string of the molecule is CC(C)CNC(=O)c1cc(Cl)c2c(c1)OCCCO2. The van der Waals surface area contributed by atoms with Crippen LogP contribution < -0.4 is 14.8 Å². The second-order valence-corrected chi connectivity index (χ2v) is 5.35. The van der Waals surface area contributed by atoms with Crippen LogP contribution in [0.4, 0.5) is 0 Å². The minimum absolute atomic E-state index is 0.147. The number of amides is 1. The Kier molecular flexibility index (Phi) is 4.53. The van der Waals surface area contributed by atoms with Gasteiger partial charge in [-0.05, 0) is 18.1 Å². The summed E-state index contributed by atoms with van der Waals surface area (Å²) in [7, 11) is 0. The van der Waals surface area contributed by atoms with E-state index < -0.39 is 0 Å². The zero-order valence-electron chi connectivity index (χ0n) is 11.2. The Morgan fingerprint density at radius 1 is 1.37 bits per heavy atom. The Labute approximate surface area is 118 Å². The second-order valence-electron chi connectivity index (χ2n) is 4.94. The van der Waals surface area contributed by atoms with E-state index in [1.165, 1.54) is 0 Å². The van der Waals surface area contributed by atoms with Gasteiger partial charge in [0.15, 0.2) is 11.5 Å². The molecule has 4 nitrogen and oxygen atoms in total. The average Bonchev–Trinajstić information content (AvgIpc) is 2.61. The first-order chi connectivity index (χ1) is 9.08. The molecular formula is C14H18ClNO3. The molecule has 1 aliphatic rings. The molecule has 1 N–H and O–H groups in total. The van der Waals surface area contributed by atoms with Gasteiger partial charge in [0.25, 0.3) is 5.91 Å². The lowest BCUT2D eigenvalue weighted by molar-refractivity contribution is 0.0948. The Morgan fingerprint density at radius 3 is 2.84 bits per heavy atom. The summed E-state index contributed by atoms with van der Waals surface area (Å²) in [6.07, 6.45) is 0.805.